The fourth-order valence-corrected chi connectivity index (χ4v) is 2.66. The second-order valence-electron chi connectivity index (χ2n) is 4.32. The minimum atomic E-state index is 0.0833. The van der Waals surface area contributed by atoms with Crippen molar-refractivity contribution < 1.29 is 4.79 Å². The summed E-state index contributed by atoms with van der Waals surface area (Å²) < 4.78 is 0. The van der Waals surface area contributed by atoms with Gasteiger partial charge in [0.25, 0.3) is 5.91 Å². The Morgan fingerprint density at radius 1 is 1.13 bits per heavy atom. The van der Waals surface area contributed by atoms with E-state index >= 15 is 0 Å². The molecule has 0 radical (unpaired) electrons. The molecule has 1 amide bonds. The number of benzene rings is 1. The smallest absolute Gasteiger partial charge is 0.251 e. The van der Waals surface area contributed by atoms with Gasteiger partial charge in [-0.1, -0.05) is 18.2 Å². The van der Waals surface area contributed by atoms with Crippen LogP contribution in [0.2, 0.25) is 0 Å². The molecule has 0 unspecified atom stereocenters. The van der Waals surface area contributed by atoms with Crippen LogP contribution in [0.1, 0.15) is 21.8 Å². The molecule has 1 fully saturated rings. The maximum atomic E-state index is 11.8. The minimum Gasteiger partial charge on any atom is -0.352 e. The lowest BCUT2D eigenvalue weighted by Gasteiger charge is -2.15. The fraction of sp³-hybridized carbons (Fsp3) is 0.417. The van der Waals surface area contributed by atoms with Crippen molar-refractivity contribution in [2.75, 3.05) is 19.6 Å². The van der Waals surface area contributed by atoms with Gasteiger partial charge >= 0.3 is 0 Å². The molecule has 0 saturated carbocycles. The number of hydrogen-bond donors (Lipinski definition) is 2. The number of carbonyl (C=O) groups is 1. The van der Waals surface area contributed by atoms with E-state index in [2.05, 4.69) is 16.7 Å². The molecule has 0 aromatic heterocycles. The van der Waals surface area contributed by atoms with Crippen molar-refractivity contribution in [1.82, 2.24) is 10.6 Å². The molecule has 0 bridgehead atoms. The number of hydrogen-bond acceptors (Lipinski definition) is 2. The maximum absolute atomic E-state index is 11.8. The maximum Gasteiger partial charge on any atom is 0.251 e. The summed E-state index contributed by atoms with van der Waals surface area (Å²) in [5.74, 6) is 1.14. The van der Waals surface area contributed by atoms with Crippen LogP contribution in [0.3, 0.4) is 0 Å². The molecule has 0 spiro atoms. The van der Waals surface area contributed by atoms with Crippen molar-refractivity contribution in [2.24, 2.45) is 5.92 Å². The molecule has 0 aliphatic carbocycles. The summed E-state index contributed by atoms with van der Waals surface area (Å²) in [6.45, 7) is 2.81. The molecule has 2 heterocycles. The highest BCUT2D eigenvalue weighted by Crippen LogP contribution is 2.31. The highest BCUT2D eigenvalue weighted by molar-refractivity contribution is 5.96. The first kappa shape index (κ1) is 8.92. The van der Waals surface area contributed by atoms with E-state index in [1.165, 1.54) is 5.56 Å². The largest absolute Gasteiger partial charge is 0.352 e. The molecule has 1 aromatic carbocycles. The summed E-state index contributed by atoms with van der Waals surface area (Å²) in [5, 5.41) is 6.39. The summed E-state index contributed by atoms with van der Waals surface area (Å²) in [6.07, 6.45) is 0. The Hall–Kier alpha value is -1.35. The first-order valence-corrected chi connectivity index (χ1v) is 5.44. The van der Waals surface area contributed by atoms with E-state index in [0.717, 1.165) is 25.2 Å². The minimum absolute atomic E-state index is 0.0833. The third kappa shape index (κ3) is 1.35. The van der Waals surface area contributed by atoms with E-state index in [4.69, 9.17) is 0 Å². The van der Waals surface area contributed by atoms with Crippen molar-refractivity contribution in [2.45, 2.75) is 5.92 Å². The predicted molar refractivity (Wildman–Crippen MR) is 57.9 cm³/mol. The van der Waals surface area contributed by atoms with Gasteiger partial charge in [0.15, 0.2) is 0 Å². The molecular formula is C12H14N2O. The summed E-state index contributed by atoms with van der Waals surface area (Å²) in [7, 11) is 0. The Labute approximate surface area is 88.9 Å². The first-order valence-electron chi connectivity index (χ1n) is 5.44. The van der Waals surface area contributed by atoms with Gasteiger partial charge < -0.3 is 10.6 Å². The number of nitrogens with one attached hydrogen (secondary N) is 2. The molecule has 3 heteroatoms. The third-order valence-corrected chi connectivity index (χ3v) is 3.47. The number of fused-ring (bicyclic) bond motifs is 3. The van der Waals surface area contributed by atoms with Crippen LogP contribution in [-0.4, -0.2) is 25.5 Å². The Bertz CT molecular complexity index is 402. The van der Waals surface area contributed by atoms with Gasteiger partial charge in [0, 0.05) is 31.1 Å². The van der Waals surface area contributed by atoms with Gasteiger partial charge in [0.2, 0.25) is 0 Å². The van der Waals surface area contributed by atoms with Crippen LogP contribution in [0.4, 0.5) is 0 Å². The standard InChI is InChI=1S/C12H14N2O/c15-12-10-4-2-1-3-9(10)11-7-13-5-8(11)6-14-12/h1-4,8,11,13H,5-7H2,(H,14,15)/t8-,11-/m0/s1. The van der Waals surface area contributed by atoms with Crippen LogP contribution >= 0.6 is 0 Å². The molecule has 1 aromatic rings. The van der Waals surface area contributed by atoms with E-state index < -0.39 is 0 Å². The monoisotopic (exact) mass is 202 g/mol. The van der Waals surface area contributed by atoms with Crippen LogP contribution in [0.15, 0.2) is 24.3 Å². The van der Waals surface area contributed by atoms with Gasteiger partial charge in [-0.15, -0.1) is 0 Å². The summed E-state index contributed by atoms with van der Waals surface area (Å²) >= 11 is 0. The van der Waals surface area contributed by atoms with Crippen LogP contribution in [0.25, 0.3) is 0 Å². The van der Waals surface area contributed by atoms with Crippen LogP contribution in [0.5, 0.6) is 0 Å². The lowest BCUT2D eigenvalue weighted by molar-refractivity contribution is 0.0952. The van der Waals surface area contributed by atoms with Crippen LogP contribution in [-0.2, 0) is 0 Å². The van der Waals surface area contributed by atoms with E-state index in [1.54, 1.807) is 0 Å². The van der Waals surface area contributed by atoms with Crippen molar-refractivity contribution in [1.29, 1.82) is 0 Å². The second-order valence-corrected chi connectivity index (χ2v) is 4.32. The summed E-state index contributed by atoms with van der Waals surface area (Å²) in [4.78, 5) is 11.8. The molecule has 78 valence electrons. The van der Waals surface area contributed by atoms with E-state index in [1.807, 2.05) is 18.2 Å². The lowest BCUT2D eigenvalue weighted by Crippen LogP contribution is -2.28. The molecular weight excluding hydrogens is 188 g/mol. The zero-order chi connectivity index (χ0) is 10.3. The van der Waals surface area contributed by atoms with Gasteiger partial charge in [-0.25, -0.2) is 0 Å². The first-order chi connectivity index (χ1) is 7.36. The summed E-state index contributed by atoms with van der Waals surface area (Å²) in [5.41, 5.74) is 2.07. The molecule has 1 saturated heterocycles. The molecule has 15 heavy (non-hydrogen) atoms. The van der Waals surface area contributed by atoms with Gasteiger partial charge in [-0.3, -0.25) is 4.79 Å². The average molecular weight is 202 g/mol. The molecule has 2 N–H and O–H groups in total. The quantitative estimate of drug-likeness (QED) is 0.651. The zero-order valence-electron chi connectivity index (χ0n) is 8.49. The Balaban J connectivity index is 2.11. The van der Waals surface area contributed by atoms with Gasteiger partial charge in [0.05, 0.1) is 0 Å². The Morgan fingerprint density at radius 3 is 2.93 bits per heavy atom. The van der Waals surface area contributed by atoms with Gasteiger partial charge in [-0.2, -0.15) is 0 Å². The molecule has 3 rings (SSSR count). The van der Waals surface area contributed by atoms with Gasteiger partial charge in [0.1, 0.15) is 0 Å². The van der Waals surface area contributed by atoms with Crippen molar-refractivity contribution in [3.63, 3.8) is 0 Å². The predicted octanol–water partition coefficient (Wildman–Crippen LogP) is 0.733. The van der Waals surface area contributed by atoms with Crippen molar-refractivity contribution in [3.8, 4) is 0 Å². The number of carbonyl (C=O) groups excluding carboxylic acids is 1. The van der Waals surface area contributed by atoms with Crippen LogP contribution in [0, 0.1) is 5.92 Å². The SMILES string of the molecule is O=C1NC[C@@H]2CNC[C@@H]2c2ccccc21. The average Bonchev–Trinajstić information content (AvgIpc) is 2.69. The topological polar surface area (TPSA) is 41.1 Å². The molecule has 2 atom stereocenters. The zero-order valence-corrected chi connectivity index (χ0v) is 8.49. The summed E-state index contributed by atoms with van der Waals surface area (Å²) in [6, 6.07) is 7.96. The normalized spacial score (nSPS) is 28.9. The Kier molecular flexibility index (Phi) is 1.99. The van der Waals surface area contributed by atoms with Crippen molar-refractivity contribution in [3.05, 3.63) is 35.4 Å². The highest BCUT2D eigenvalue weighted by Gasteiger charge is 2.33. The molecule has 2 aliphatic heterocycles. The van der Waals surface area contributed by atoms with E-state index in [-0.39, 0.29) is 5.91 Å². The second kappa shape index (κ2) is 3.35. The fourth-order valence-electron chi connectivity index (χ4n) is 2.66. The van der Waals surface area contributed by atoms with E-state index in [9.17, 15) is 4.79 Å². The highest BCUT2D eigenvalue weighted by atomic mass is 16.1. The molecule has 3 nitrogen and oxygen atoms in total. The van der Waals surface area contributed by atoms with Crippen molar-refractivity contribution >= 4 is 5.91 Å². The molecule has 2 aliphatic rings. The number of amides is 1. The Morgan fingerprint density at radius 2 is 2.00 bits per heavy atom. The van der Waals surface area contributed by atoms with Crippen LogP contribution < -0.4 is 10.6 Å². The third-order valence-electron chi connectivity index (χ3n) is 3.47. The number of rotatable bonds is 0. The van der Waals surface area contributed by atoms with Gasteiger partial charge in [-0.05, 0) is 17.5 Å². The van der Waals surface area contributed by atoms with E-state index in [0.29, 0.717) is 11.8 Å². The lowest BCUT2D eigenvalue weighted by atomic mass is 9.87.